The Morgan fingerprint density at radius 3 is 2.75 bits per heavy atom. The summed E-state index contributed by atoms with van der Waals surface area (Å²) in [6.07, 6.45) is 6.28. The lowest BCUT2D eigenvalue weighted by atomic mass is 10.0. The maximum absolute atomic E-state index is 5.82. The summed E-state index contributed by atoms with van der Waals surface area (Å²) in [6, 6.07) is 8.45. The Morgan fingerprint density at radius 2 is 2.10 bits per heavy atom. The molecule has 1 fully saturated rings. The van der Waals surface area contributed by atoms with E-state index in [2.05, 4.69) is 42.6 Å². The van der Waals surface area contributed by atoms with Crippen molar-refractivity contribution in [3.05, 3.63) is 35.9 Å². The van der Waals surface area contributed by atoms with E-state index in [4.69, 9.17) is 9.47 Å². The lowest BCUT2D eigenvalue weighted by Crippen LogP contribution is -2.20. The summed E-state index contributed by atoms with van der Waals surface area (Å²) in [5, 5.41) is 3.34. The molecule has 2 unspecified atom stereocenters. The van der Waals surface area contributed by atoms with E-state index in [9.17, 15) is 0 Å². The van der Waals surface area contributed by atoms with Crippen molar-refractivity contribution in [1.29, 1.82) is 0 Å². The van der Waals surface area contributed by atoms with E-state index in [0.29, 0.717) is 12.7 Å². The van der Waals surface area contributed by atoms with E-state index in [-0.39, 0.29) is 6.10 Å². The van der Waals surface area contributed by atoms with Crippen LogP contribution < -0.4 is 10.1 Å². The van der Waals surface area contributed by atoms with Crippen LogP contribution in [0.2, 0.25) is 0 Å². The van der Waals surface area contributed by atoms with Gasteiger partial charge in [-0.3, -0.25) is 0 Å². The van der Waals surface area contributed by atoms with Crippen molar-refractivity contribution >= 4 is 5.57 Å². The Morgan fingerprint density at radius 1 is 1.25 bits per heavy atom. The van der Waals surface area contributed by atoms with Crippen LogP contribution in [0.1, 0.15) is 31.7 Å². The molecule has 0 aliphatic carbocycles. The summed E-state index contributed by atoms with van der Waals surface area (Å²) in [5.41, 5.74) is 2.74. The predicted molar refractivity (Wildman–Crippen MR) is 81.0 cm³/mol. The van der Waals surface area contributed by atoms with Crippen LogP contribution in [0.3, 0.4) is 0 Å². The molecule has 0 aromatic heterocycles. The highest BCUT2D eigenvalue weighted by Gasteiger charge is 2.22. The van der Waals surface area contributed by atoms with Gasteiger partial charge in [-0.25, -0.2) is 0 Å². The van der Waals surface area contributed by atoms with Gasteiger partial charge >= 0.3 is 0 Å². The molecule has 20 heavy (non-hydrogen) atoms. The lowest BCUT2D eigenvalue weighted by molar-refractivity contribution is 0.0264. The first-order valence-electron chi connectivity index (χ1n) is 7.60. The fraction of sp³-hybridized carbons (Fsp3) is 0.529. The quantitative estimate of drug-likeness (QED) is 0.914. The van der Waals surface area contributed by atoms with Gasteiger partial charge in [0, 0.05) is 6.54 Å². The van der Waals surface area contributed by atoms with E-state index in [1.165, 1.54) is 11.1 Å². The van der Waals surface area contributed by atoms with Crippen LogP contribution in [0.15, 0.2) is 30.3 Å². The van der Waals surface area contributed by atoms with Gasteiger partial charge < -0.3 is 14.8 Å². The largest absolute Gasteiger partial charge is 0.491 e. The summed E-state index contributed by atoms with van der Waals surface area (Å²) >= 11 is 0. The van der Waals surface area contributed by atoms with E-state index in [1.807, 2.05) is 0 Å². The van der Waals surface area contributed by atoms with E-state index < -0.39 is 0 Å². The highest BCUT2D eigenvalue weighted by atomic mass is 16.5. The van der Waals surface area contributed by atoms with E-state index >= 15 is 0 Å². The van der Waals surface area contributed by atoms with Gasteiger partial charge in [-0.05, 0) is 56.0 Å². The van der Waals surface area contributed by atoms with Crippen molar-refractivity contribution in [2.45, 2.75) is 38.4 Å². The molecule has 0 bridgehead atoms. The smallest absolute Gasteiger partial charge is 0.119 e. The Labute approximate surface area is 121 Å². The SMILES string of the molecule is CC1CCC(COc2ccc(C3=CCNCC3)cc2)O1. The molecule has 1 aromatic carbocycles. The second-order valence-corrected chi connectivity index (χ2v) is 5.66. The first-order valence-corrected chi connectivity index (χ1v) is 7.60. The zero-order valence-corrected chi connectivity index (χ0v) is 12.1. The molecule has 108 valence electrons. The Balaban J connectivity index is 1.54. The highest BCUT2D eigenvalue weighted by molar-refractivity contribution is 5.67. The molecule has 1 aromatic rings. The lowest BCUT2D eigenvalue weighted by Gasteiger charge is -2.15. The molecule has 2 aliphatic rings. The average molecular weight is 273 g/mol. The van der Waals surface area contributed by atoms with Crippen molar-refractivity contribution < 1.29 is 9.47 Å². The second-order valence-electron chi connectivity index (χ2n) is 5.66. The molecule has 0 saturated carbocycles. The number of ether oxygens (including phenoxy) is 2. The monoisotopic (exact) mass is 273 g/mol. The molecule has 3 rings (SSSR count). The third kappa shape index (κ3) is 3.41. The number of rotatable bonds is 4. The number of benzene rings is 1. The fourth-order valence-corrected chi connectivity index (χ4v) is 2.85. The van der Waals surface area contributed by atoms with Crippen LogP contribution in [0.4, 0.5) is 0 Å². The number of nitrogens with one attached hydrogen (secondary N) is 1. The molecule has 3 nitrogen and oxygen atoms in total. The van der Waals surface area contributed by atoms with Crippen LogP contribution in [0, 0.1) is 0 Å². The molecule has 2 atom stereocenters. The summed E-state index contributed by atoms with van der Waals surface area (Å²) in [4.78, 5) is 0. The molecule has 2 heterocycles. The van der Waals surface area contributed by atoms with Gasteiger partial charge in [0.1, 0.15) is 12.4 Å². The fourth-order valence-electron chi connectivity index (χ4n) is 2.85. The number of hydrogen-bond donors (Lipinski definition) is 1. The molecular formula is C17H23NO2. The molecule has 0 spiro atoms. The topological polar surface area (TPSA) is 30.5 Å². The van der Waals surface area contributed by atoms with Crippen LogP contribution >= 0.6 is 0 Å². The predicted octanol–water partition coefficient (Wildman–Crippen LogP) is 3.01. The van der Waals surface area contributed by atoms with Crippen LogP contribution in [-0.2, 0) is 4.74 Å². The first kappa shape index (κ1) is 13.7. The van der Waals surface area contributed by atoms with E-state index in [1.54, 1.807) is 0 Å². The summed E-state index contributed by atoms with van der Waals surface area (Å²) < 4.78 is 11.6. The van der Waals surface area contributed by atoms with Gasteiger partial charge in [-0.1, -0.05) is 18.2 Å². The zero-order valence-electron chi connectivity index (χ0n) is 12.1. The summed E-state index contributed by atoms with van der Waals surface area (Å²) in [7, 11) is 0. The molecule has 0 radical (unpaired) electrons. The van der Waals surface area contributed by atoms with Crippen LogP contribution in [-0.4, -0.2) is 31.9 Å². The van der Waals surface area contributed by atoms with Gasteiger partial charge in [0.2, 0.25) is 0 Å². The molecule has 1 N–H and O–H groups in total. The maximum atomic E-state index is 5.82. The Kier molecular flexibility index (Phi) is 4.38. The number of hydrogen-bond acceptors (Lipinski definition) is 3. The molecule has 0 amide bonds. The second kappa shape index (κ2) is 6.42. The minimum absolute atomic E-state index is 0.261. The van der Waals surface area contributed by atoms with Crippen molar-refractivity contribution in [2.75, 3.05) is 19.7 Å². The Bertz CT molecular complexity index is 466. The van der Waals surface area contributed by atoms with E-state index in [0.717, 1.165) is 38.1 Å². The minimum Gasteiger partial charge on any atom is -0.491 e. The van der Waals surface area contributed by atoms with Crippen molar-refractivity contribution in [1.82, 2.24) is 5.32 Å². The maximum Gasteiger partial charge on any atom is 0.119 e. The van der Waals surface area contributed by atoms with Crippen molar-refractivity contribution in [3.63, 3.8) is 0 Å². The van der Waals surface area contributed by atoms with Gasteiger partial charge in [0.15, 0.2) is 0 Å². The first-order chi connectivity index (χ1) is 9.81. The highest BCUT2D eigenvalue weighted by Crippen LogP contribution is 2.24. The standard InChI is InChI=1S/C17H23NO2/c1-13-2-5-17(20-13)12-19-16-6-3-14(4-7-16)15-8-10-18-11-9-15/h3-4,6-8,13,17-18H,2,5,9-12H2,1H3. The van der Waals surface area contributed by atoms with Crippen molar-refractivity contribution in [2.24, 2.45) is 0 Å². The van der Waals surface area contributed by atoms with Crippen LogP contribution in [0.25, 0.3) is 5.57 Å². The third-order valence-electron chi connectivity index (χ3n) is 4.04. The van der Waals surface area contributed by atoms with Gasteiger partial charge in [-0.15, -0.1) is 0 Å². The Hall–Kier alpha value is -1.32. The molecule has 1 saturated heterocycles. The third-order valence-corrected chi connectivity index (χ3v) is 4.04. The molecular weight excluding hydrogens is 250 g/mol. The summed E-state index contributed by atoms with van der Waals surface area (Å²) in [6.45, 7) is 4.84. The molecule has 2 aliphatic heterocycles. The summed E-state index contributed by atoms with van der Waals surface area (Å²) in [5.74, 6) is 0.937. The minimum atomic E-state index is 0.261. The molecule has 3 heteroatoms. The van der Waals surface area contributed by atoms with Gasteiger partial charge in [0.05, 0.1) is 12.2 Å². The van der Waals surface area contributed by atoms with Crippen LogP contribution in [0.5, 0.6) is 5.75 Å². The van der Waals surface area contributed by atoms with Gasteiger partial charge in [-0.2, -0.15) is 0 Å². The zero-order chi connectivity index (χ0) is 13.8. The van der Waals surface area contributed by atoms with Gasteiger partial charge in [0.25, 0.3) is 0 Å². The normalized spacial score (nSPS) is 26.4. The average Bonchev–Trinajstić information content (AvgIpc) is 2.92. The van der Waals surface area contributed by atoms with Crippen molar-refractivity contribution in [3.8, 4) is 5.75 Å².